The molecule has 0 spiro atoms. The number of benzene rings is 1. The van der Waals surface area contributed by atoms with Crippen molar-refractivity contribution in [1.82, 2.24) is 9.55 Å². The number of aliphatic hydroxyl groups excluding tert-OH is 1. The summed E-state index contributed by atoms with van der Waals surface area (Å²) >= 11 is 0. The molecular weight excluding hydrogens is 700 g/mol. The predicted octanol–water partition coefficient (Wildman–Crippen LogP) is -2.48. The summed E-state index contributed by atoms with van der Waals surface area (Å²) in [4.78, 5) is 96.0. The van der Waals surface area contributed by atoms with E-state index in [0.717, 1.165) is 12.3 Å². The summed E-state index contributed by atoms with van der Waals surface area (Å²) in [6.45, 7) is -1.33. The molecule has 2 heterocycles. The number of aliphatic hydroxyl groups is 1. The minimum atomic E-state index is -6.55. The Bertz CT molecular complexity index is 1710. The van der Waals surface area contributed by atoms with Gasteiger partial charge in [0.2, 0.25) is 0 Å². The molecule has 1 aromatic heterocycles. The highest BCUT2D eigenvalue weighted by Crippen LogP contribution is 2.66. The molecule has 250 valence electrons. The fourth-order valence-corrected chi connectivity index (χ4v) is 8.75. The second kappa shape index (κ2) is 14.4. The number of aromatic amines is 1. The zero-order chi connectivity index (χ0) is 33.8. The Kier molecular flexibility index (Phi) is 11.8. The molecule has 45 heavy (non-hydrogen) atoms. The number of carboxylic acids is 1. The molecule has 0 radical (unpaired) electrons. The molecule has 0 saturated carbocycles. The fourth-order valence-electron chi connectivity index (χ4n) is 3.49. The Hall–Kier alpha value is -2.64. The number of phosphoric ester groups is 1. The van der Waals surface area contributed by atoms with Crippen LogP contribution in [0.25, 0.3) is 0 Å². The van der Waals surface area contributed by atoms with Crippen molar-refractivity contribution in [2.45, 2.75) is 31.0 Å². The van der Waals surface area contributed by atoms with Crippen LogP contribution >= 0.6 is 31.1 Å². The molecule has 22 nitrogen and oxygen atoms in total. The van der Waals surface area contributed by atoms with Crippen LogP contribution in [0.15, 0.2) is 52.2 Å². The van der Waals surface area contributed by atoms with Gasteiger partial charge in [-0.15, -0.1) is 0 Å². The standard InChI is InChI=1S/C19H24N2O20P4/c22-13-6-8-21(19(27)20-13)17-16(38-18(26)11-4-2-1-3-5-11)15(25)12(37-17)10-36-43(30,31)40-45(34,35)41-44(32,33)39-42(28,29)9-7-14(23)24/h1-6,8,12,15-17,25H,7,9-10H2,(H,23,24)(H,28,29)(H,30,31)(H,32,33)(H,34,35)(H,20,22,27)/p-4/t12-,15?,16+,17-/m1/s1. The van der Waals surface area contributed by atoms with Gasteiger partial charge in [-0.05, 0) is 12.1 Å². The minimum absolute atomic E-state index is 0.0181. The maximum absolute atomic E-state index is 12.6. The van der Waals surface area contributed by atoms with E-state index in [1.165, 1.54) is 24.3 Å². The van der Waals surface area contributed by atoms with Gasteiger partial charge in [0.25, 0.3) is 29.0 Å². The van der Waals surface area contributed by atoms with E-state index in [1.807, 2.05) is 4.98 Å². The van der Waals surface area contributed by atoms with Crippen molar-refractivity contribution in [3.05, 3.63) is 69.0 Å². The van der Waals surface area contributed by atoms with Crippen molar-refractivity contribution >= 4 is 43.0 Å². The summed E-state index contributed by atoms with van der Waals surface area (Å²) in [6.07, 6.45) is -9.00. The van der Waals surface area contributed by atoms with Gasteiger partial charge in [0, 0.05) is 18.4 Å². The van der Waals surface area contributed by atoms with E-state index in [0.29, 0.717) is 4.57 Å². The van der Waals surface area contributed by atoms with Gasteiger partial charge >= 0.3 is 17.6 Å². The highest BCUT2D eigenvalue weighted by atomic mass is 31.3. The third-order valence-electron chi connectivity index (χ3n) is 5.31. The first-order valence-corrected chi connectivity index (χ1v) is 17.9. The lowest BCUT2D eigenvalue weighted by molar-refractivity contribution is -0.251. The molecule has 2 aromatic rings. The predicted molar refractivity (Wildman–Crippen MR) is 134 cm³/mol. The molecule has 0 aliphatic carbocycles. The number of hydrogen-bond donors (Lipinski definition) is 3. The van der Waals surface area contributed by atoms with E-state index in [-0.39, 0.29) is 5.56 Å². The van der Waals surface area contributed by atoms with Crippen molar-refractivity contribution in [1.29, 1.82) is 0 Å². The van der Waals surface area contributed by atoms with Gasteiger partial charge in [0.15, 0.2) is 12.3 Å². The Morgan fingerprint density at radius 2 is 1.53 bits per heavy atom. The molecule has 1 fully saturated rings. The molecule has 3 rings (SSSR count). The number of nitrogens with one attached hydrogen (secondary N) is 1. The maximum Gasteiger partial charge on any atom is 0.338 e. The lowest BCUT2D eigenvalue weighted by Gasteiger charge is -2.36. The SMILES string of the molecule is O=C(O)CCP(=O)([O-])OP(=O)([O-])OP(=O)([O-])OP(=O)([O-])OC[C@H]1O[C@@H](n2ccc(=O)[nH]c2=O)[C@@H](OC(=O)c2ccccc2)C1O. The van der Waals surface area contributed by atoms with Gasteiger partial charge in [-0.25, -0.2) is 18.2 Å². The van der Waals surface area contributed by atoms with Crippen molar-refractivity contribution < 1.29 is 84.6 Å². The quantitative estimate of drug-likeness (QED) is 0.127. The number of nitrogens with zero attached hydrogens (tertiary/aromatic N) is 1. The number of carboxylic acid groups (broad SMARTS) is 1. The topological polar surface area (TPSA) is 345 Å². The van der Waals surface area contributed by atoms with E-state index in [2.05, 4.69) is 17.5 Å². The van der Waals surface area contributed by atoms with E-state index in [4.69, 9.17) is 14.6 Å². The van der Waals surface area contributed by atoms with Gasteiger partial charge in [0.1, 0.15) is 19.8 Å². The fraction of sp³-hybridized carbons (Fsp3) is 0.368. The van der Waals surface area contributed by atoms with E-state index < -0.39 is 98.0 Å². The van der Waals surface area contributed by atoms with Crippen LogP contribution in [0.4, 0.5) is 0 Å². The zero-order valence-electron chi connectivity index (χ0n) is 22.0. The molecule has 5 unspecified atom stereocenters. The number of aliphatic carboxylic acids is 1. The Morgan fingerprint density at radius 1 is 0.933 bits per heavy atom. The Balaban J connectivity index is 1.72. The molecule has 1 aliphatic rings. The minimum Gasteiger partial charge on any atom is -0.778 e. The molecule has 0 bridgehead atoms. The maximum atomic E-state index is 12.6. The zero-order valence-corrected chi connectivity index (χ0v) is 25.5. The molecule has 1 saturated heterocycles. The van der Waals surface area contributed by atoms with Crippen molar-refractivity contribution in [2.24, 2.45) is 0 Å². The second-order valence-electron chi connectivity index (χ2n) is 8.67. The molecule has 26 heteroatoms. The third kappa shape index (κ3) is 11.0. The molecular formula is C19H20N2O20P4-4. The lowest BCUT2D eigenvalue weighted by Crippen LogP contribution is -2.40. The van der Waals surface area contributed by atoms with Crippen LogP contribution in [0.3, 0.4) is 0 Å². The Morgan fingerprint density at radius 3 is 2.13 bits per heavy atom. The Labute approximate surface area is 250 Å². The van der Waals surface area contributed by atoms with Crippen molar-refractivity contribution in [2.75, 3.05) is 12.8 Å². The number of ether oxygens (including phenoxy) is 2. The lowest BCUT2D eigenvalue weighted by atomic mass is 10.1. The van der Waals surface area contributed by atoms with Gasteiger partial charge < -0.3 is 48.3 Å². The molecule has 1 aromatic carbocycles. The monoisotopic (exact) mass is 720 g/mol. The number of rotatable bonds is 15. The van der Waals surface area contributed by atoms with Crippen LogP contribution in [0.5, 0.6) is 0 Å². The van der Waals surface area contributed by atoms with Crippen LogP contribution in [-0.2, 0) is 50.0 Å². The number of hydrogen-bond acceptors (Lipinski definition) is 19. The number of phosphoric acid groups is 3. The number of esters is 1. The smallest absolute Gasteiger partial charge is 0.338 e. The summed E-state index contributed by atoms with van der Waals surface area (Å²) in [6, 6.07) is 8.04. The molecule has 1 aliphatic heterocycles. The molecule has 8 atom stereocenters. The summed E-state index contributed by atoms with van der Waals surface area (Å²) in [5.41, 5.74) is -1.97. The van der Waals surface area contributed by atoms with Crippen LogP contribution in [0, 0.1) is 0 Å². The van der Waals surface area contributed by atoms with Crippen LogP contribution < -0.4 is 30.8 Å². The average molecular weight is 720 g/mol. The normalized spacial score (nSPS) is 25.3. The second-order valence-corrected chi connectivity index (χ2v) is 15.2. The molecule has 3 N–H and O–H groups in total. The highest BCUT2D eigenvalue weighted by Gasteiger charge is 2.48. The summed E-state index contributed by atoms with van der Waals surface area (Å²) in [7, 11) is -24.7. The van der Waals surface area contributed by atoms with E-state index in [9.17, 15) is 62.1 Å². The number of H-pyrrole nitrogens is 1. The highest BCUT2D eigenvalue weighted by molar-refractivity contribution is 7.69. The van der Waals surface area contributed by atoms with Gasteiger partial charge in [0.05, 0.1) is 18.6 Å². The van der Waals surface area contributed by atoms with Gasteiger partial charge in [-0.3, -0.25) is 37.1 Å². The number of carbonyl (C=O) groups is 2. The van der Waals surface area contributed by atoms with Crippen LogP contribution in [-0.4, -0.2) is 62.8 Å². The average Bonchev–Trinajstić information content (AvgIpc) is 3.19. The van der Waals surface area contributed by atoms with E-state index >= 15 is 0 Å². The first-order valence-electron chi connectivity index (χ1n) is 11.8. The number of carbonyl (C=O) groups excluding carboxylic acids is 1. The van der Waals surface area contributed by atoms with Crippen LogP contribution in [0.1, 0.15) is 23.0 Å². The van der Waals surface area contributed by atoms with Crippen LogP contribution in [0.2, 0.25) is 0 Å². The van der Waals surface area contributed by atoms with Crippen molar-refractivity contribution in [3.63, 3.8) is 0 Å². The van der Waals surface area contributed by atoms with Gasteiger partial charge in [-0.1, -0.05) is 18.2 Å². The first kappa shape index (κ1) is 36.8. The number of aromatic nitrogens is 2. The third-order valence-corrected chi connectivity index (χ3v) is 11.5. The summed E-state index contributed by atoms with van der Waals surface area (Å²) < 4.78 is 73.3. The van der Waals surface area contributed by atoms with E-state index in [1.54, 1.807) is 6.07 Å². The summed E-state index contributed by atoms with van der Waals surface area (Å²) in [5.74, 6) is -2.72. The first-order chi connectivity index (χ1) is 20.7. The van der Waals surface area contributed by atoms with Gasteiger partial charge in [-0.2, -0.15) is 0 Å². The summed E-state index contributed by atoms with van der Waals surface area (Å²) in [5, 5.41) is 19.2. The van der Waals surface area contributed by atoms with Crippen molar-refractivity contribution in [3.8, 4) is 0 Å². The molecule has 0 amide bonds. The largest absolute Gasteiger partial charge is 0.778 e.